The third-order valence-electron chi connectivity index (χ3n) is 6.46. The summed E-state index contributed by atoms with van der Waals surface area (Å²) in [4.78, 5) is 26.4. The van der Waals surface area contributed by atoms with E-state index in [1.165, 1.54) is 7.11 Å². The quantitative estimate of drug-likeness (QED) is 0.467. The van der Waals surface area contributed by atoms with Gasteiger partial charge < -0.3 is 14.8 Å². The number of nitriles is 1. The second-order valence-corrected chi connectivity index (χ2v) is 8.91. The molecular weight excluding hydrogens is 476 g/mol. The van der Waals surface area contributed by atoms with Gasteiger partial charge in [0.15, 0.2) is 5.78 Å². The van der Waals surface area contributed by atoms with E-state index in [2.05, 4.69) is 11.4 Å². The number of carbonyl (C=O) groups excluding carboxylic acids is 2. The molecule has 3 aromatic carbocycles. The number of benzene rings is 3. The van der Waals surface area contributed by atoms with E-state index in [4.69, 9.17) is 21.1 Å². The number of nitrogens with one attached hydrogen (secondary N) is 1. The van der Waals surface area contributed by atoms with E-state index in [9.17, 15) is 14.9 Å². The van der Waals surface area contributed by atoms with Crippen molar-refractivity contribution >= 4 is 29.1 Å². The molecule has 1 atom stereocenters. The average Bonchev–Trinajstić information content (AvgIpc) is 3.18. The second-order valence-electron chi connectivity index (χ2n) is 8.50. The molecule has 2 aliphatic rings. The molecule has 0 aromatic heterocycles. The van der Waals surface area contributed by atoms with Crippen molar-refractivity contribution in [3.8, 4) is 11.8 Å². The first-order valence-corrected chi connectivity index (χ1v) is 11.7. The zero-order valence-electron chi connectivity index (χ0n) is 19.6. The van der Waals surface area contributed by atoms with Gasteiger partial charge in [0.1, 0.15) is 12.4 Å². The Morgan fingerprint density at radius 2 is 1.81 bits per heavy atom. The van der Waals surface area contributed by atoms with Crippen molar-refractivity contribution in [1.82, 2.24) is 5.32 Å². The van der Waals surface area contributed by atoms with Crippen LogP contribution >= 0.6 is 11.6 Å². The van der Waals surface area contributed by atoms with Crippen molar-refractivity contribution in [3.63, 3.8) is 0 Å². The van der Waals surface area contributed by atoms with E-state index in [0.29, 0.717) is 50.0 Å². The van der Waals surface area contributed by atoms with Crippen LogP contribution in [0.5, 0.6) is 5.75 Å². The number of nitrogens with zero attached hydrogens (tertiary/aromatic N) is 1. The maximum Gasteiger partial charge on any atom is 0.336 e. The zero-order valence-corrected chi connectivity index (χ0v) is 20.3. The molecular formula is C29H21ClN2O4. The van der Waals surface area contributed by atoms with Crippen LogP contribution in [0.1, 0.15) is 45.5 Å². The number of hydrogen-bond acceptors (Lipinski definition) is 6. The minimum absolute atomic E-state index is 0.142. The third-order valence-corrected chi connectivity index (χ3v) is 6.76. The molecule has 178 valence electrons. The maximum atomic E-state index is 13.5. The molecule has 1 aliphatic heterocycles. The van der Waals surface area contributed by atoms with Crippen LogP contribution in [0.4, 0.5) is 0 Å². The Labute approximate surface area is 213 Å². The lowest BCUT2D eigenvalue weighted by molar-refractivity contribution is -0.136. The Morgan fingerprint density at radius 3 is 2.53 bits per heavy atom. The first-order chi connectivity index (χ1) is 17.4. The highest BCUT2D eigenvalue weighted by atomic mass is 35.5. The molecule has 0 saturated heterocycles. The van der Waals surface area contributed by atoms with Crippen LogP contribution in [-0.4, -0.2) is 18.9 Å². The van der Waals surface area contributed by atoms with Crippen LogP contribution in [0.3, 0.4) is 0 Å². The highest BCUT2D eigenvalue weighted by molar-refractivity contribution is 6.32. The molecule has 0 unspecified atom stereocenters. The number of ketones is 1. The molecule has 0 amide bonds. The Balaban J connectivity index is 1.54. The van der Waals surface area contributed by atoms with Gasteiger partial charge in [-0.2, -0.15) is 5.26 Å². The van der Waals surface area contributed by atoms with Gasteiger partial charge in [-0.05, 0) is 30.7 Å². The van der Waals surface area contributed by atoms with Crippen molar-refractivity contribution in [3.05, 3.63) is 116 Å². The Hall–Kier alpha value is -4.34. The van der Waals surface area contributed by atoms with Crippen LogP contribution in [0, 0.1) is 11.3 Å². The maximum absolute atomic E-state index is 13.5. The first-order valence-electron chi connectivity index (χ1n) is 11.3. The van der Waals surface area contributed by atoms with Crippen LogP contribution in [0.25, 0.3) is 5.70 Å². The highest BCUT2D eigenvalue weighted by Gasteiger charge is 2.42. The monoisotopic (exact) mass is 496 g/mol. The smallest absolute Gasteiger partial charge is 0.336 e. The average molecular weight is 497 g/mol. The summed E-state index contributed by atoms with van der Waals surface area (Å²) in [5.41, 5.74) is 5.46. The lowest BCUT2D eigenvalue weighted by Crippen LogP contribution is -2.29. The van der Waals surface area contributed by atoms with Crippen molar-refractivity contribution in [2.75, 3.05) is 7.11 Å². The SMILES string of the molecule is COC(=O)C1=C(C)NC2=C(C(=O)c3ccccc32)[C@@H]1c1ccc(OCc2ccccc2C#N)c(Cl)c1. The van der Waals surface area contributed by atoms with Crippen LogP contribution in [-0.2, 0) is 16.1 Å². The van der Waals surface area contributed by atoms with Gasteiger partial charge in [0.05, 0.1) is 35.0 Å². The number of rotatable bonds is 5. The molecule has 0 fully saturated rings. The fourth-order valence-electron chi connectivity index (χ4n) is 4.77. The van der Waals surface area contributed by atoms with E-state index < -0.39 is 11.9 Å². The molecule has 0 saturated carbocycles. The number of ether oxygens (including phenoxy) is 2. The van der Waals surface area contributed by atoms with Crippen molar-refractivity contribution in [2.24, 2.45) is 0 Å². The summed E-state index contributed by atoms with van der Waals surface area (Å²) in [5, 5.41) is 12.9. The molecule has 7 heteroatoms. The molecule has 0 radical (unpaired) electrons. The standard InChI is InChI=1S/C29H21ClN2O4/c1-16-24(29(34)35-2)25(26-27(32-16)20-9-5-6-10-21(20)28(26)33)17-11-12-23(22(30)13-17)36-15-19-8-4-3-7-18(19)14-31/h3-13,25,32H,15H2,1-2H3/t25-/m1/s1. The Morgan fingerprint density at radius 1 is 1.08 bits per heavy atom. The van der Waals surface area contributed by atoms with Crippen LogP contribution in [0.15, 0.2) is 83.6 Å². The molecule has 3 aromatic rings. The number of dihydropyridines is 1. The van der Waals surface area contributed by atoms with Gasteiger partial charge in [-0.25, -0.2) is 4.79 Å². The summed E-state index contributed by atoms with van der Waals surface area (Å²) in [6.45, 7) is 1.96. The molecule has 6 nitrogen and oxygen atoms in total. The van der Waals surface area contributed by atoms with E-state index >= 15 is 0 Å². The Bertz CT molecular complexity index is 1530. The minimum Gasteiger partial charge on any atom is -0.487 e. The first kappa shape index (κ1) is 23.4. The summed E-state index contributed by atoms with van der Waals surface area (Å²) in [5.74, 6) is -0.904. The molecule has 1 aliphatic carbocycles. The van der Waals surface area contributed by atoms with Crippen LogP contribution < -0.4 is 10.1 Å². The number of fused-ring (bicyclic) bond motifs is 2. The summed E-state index contributed by atoms with van der Waals surface area (Å²) < 4.78 is 11.0. The van der Waals surface area contributed by atoms with E-state index in [1.807, 2.05) is 30.3 Å². The topological polar surface area (TPSA) is 88.4 Å². The molecule has 0 bridgehead atoms. The highest BCUT2D eigenvalue weighted by Crippen LogP contribution is 2.47. The normalized spacial score (nSPS) is 16.2. The largest absolute Gasteiger partial charge is 0.487 e. The predicted octanol–water partition coefficient (Wildman–Crippen LogP) is 5.53. The number of methoxy groups -OCH3 is 1. The van der Waals surface area contributed by atoms with Gasteiger partial charge in [0.25, 0.3) is 0 Å². The van der Waals surface area contributed by atoms with E-state index in [1.54, 1.807) is 43.3 Å². The van der Waals surface area contributed by atoms with E-state index in [-0.39, 0.29) is 12.4 Å². The van der Waals surface area contributed by atoms with Crippen molar-refractivity contribution in [1.29, 1.82) is 5.26 Å². The summed E-state index contributed by atoms with van der Waals surface area (Å²) >= 11 is 6.62. The summed E-state index contributed by atoms with van der Waals surface area (Å²) in [6.07, 6.45) is 0. The summed E-state index contributed by atoms with van der Waals surface area (Å²) in [6, 6.07) is 21.9. The van der Waals surface area contributed by atoms with Crippen LogP contribution in [0.2, 0.25) is 5.02 Å². The number of hydrogen-bond donors (Lipinski definition) is 1. The number of allylic oxidation sites excluding steroid dienone is 2. The van der Waals surface area contributed by atoms with Gasteiger partial charge in [0, 0.05) is 33.9 Å². The molecule has 5 rings (SSSR count). The number of esters is 1. The fourth-order valence-corrected chi connectivity index (χ4v) is 5.01. The number of Topliss-reactive ketones (excluding diaryl/α,β-unsaturated/α-hetero) is 1. The molecule has 0 spiro atoms. The number of carbonyl (C=O) groups is 2. The molecule has 36 heavy (non-hydrogen) atoms. The van der Waals surface area contributed by atoms with Crippen molar-refractivity contribution in [2.45, 2.75) is 19.4 Å². The van der Waals surface area contributed by atoms with Gasteiger partial charge >= 0.3 is 5.97 Å². The lowest BCUT2D eigenvalue weighted by atomic mass is 9.80. The predicted molar refractivity (Wildman–Crippen MR) is 135 cm³/mol. The van der Waals surface area contributed by atoms with Gasteiger partial charge in [-0.15, -0.1) is 0 Å². The van der Waals surface area contributed by atoms with Gasteiger partial charge in [-0.3, -0.25) is 4.79 Å². The fraction of sp³-hybridized carbons (Fsp3) is 0.138. The molecule has 1 N–H and O–H groups in total. The Kier molecular flexibility index (Phi) is 6.09. The third kappa shape index (κ3) is 3.84. The minimum atomic E-state index is -0.667. The van der Waals surface area contributed by atoms with Crippen molar-refractivity contribution < 1.29 is 19.1 Å². The molecule has 1 heterocycles. The van der Waals surface area contributed by atoms with Gasteiger partial charge in [0.2, 0.25) is 0 Å². The summed E-state index contributed by atoms with van der Waals surface area (Å²) in [7, 11) is 1.32. The number of halogens is 1. The zero-order chi connectivity index (χ0) is 25.4. The van der Waals surface area contributed by atoms with E-state index in [0.717, 1.165) is 11.1 Å². The lowest BCUT2D eigenvalue weighted by Gasteiger charge is -2.29. The second kappa shape index (κ2) is 9.37. The van der Waals surface area contributed by atoms with Gasteiger partial charge in [-0.1, -0.05) is 60.1 Å².